The Hall–Kier alpha value is -3.98. The van der Waals surface area contributed by atoms with Crippen molar-refractivity contribution in [2.45, 2.75) is 0 Å². The van der Waals surface area contributed by atoms with E-state index in [1.54, 1.807) is 19.2 Å². The molecule has 0 bridgehead atoms. The van der Waals surface area contributed by atoms with E-state index in [1.807, 2.05) is 78.9 Å². The largest absolute Gasteiger partial charge is 0.497 e. The number of para-hydroxylation sites is 1. The van der Waals surface area contributed by atoms with Gasteiger partial charge in [0.1, 0.15) is 5.75 Å². The van der Waals surface area contributed by atoms with Gasteiger partial charge in [-0.1, -0.05) is 42.5 Å². The van der Waals surface area contributed by atoms with Crippen molar-refractivity contribution in [2.75, 3.05) is 19.0 Å². The van der Waals surface area contributed by atoms with E-state index in [4.69, 9.17) is 14.5 Å². The van der Waals surface area contributed by atoms with Crippen LogP contribution in [0.25, 0.3) is 32.9 Å². The van der Waals surface area contributed by atoms with E-state index < -0.39 is 18.5 Å². The summed E-state index contributed by atoms with van der Waals surface area (Å²) in [5.41, 5.74) is 3.17. The first kappa shape index (κ1) is 23.7. The van der Waals surface area contributed by atoms with Gasteiger partial charge in [-0.05, 0) is 81.9 Å². The number of amides is 1. The molecule has 0 aliphatic carbocycles. The summed E-state index contributed by atoms with van der Waals surface area (Å²) in [6.45, 7) is -0.395. The van der Waals surface area contributed by atoms with Crippen molar-refractivity contribution >= 4 is 61.8 Å². The van der Waals surface area contributed by atoms with Crippen molar-refractivity contribution in [3.05, 3.63) is 100 Å². The number of fused-ring (bicyclic) bond motifs is 2. The van der Waals surface area contributed by atoms with Crippen LogP contribution in [0.1, 0.15) is 10.4 Å². The first-order valence-electron chi connectivity index (χ1n) is 11.2. The Morgan fingerprint density at radius 3 is 2.53 bits per heavy atom. The molecule has 1 amide bonds. The molecule has 0 saturated carbocycles. The number of methoxy groups -OCH3 is 1. The Labute approximate surface area is 221 Å². The molecule has 0 aliphatic heterocycles. The molecule has 0 atom stereocenters. The average molecular weight is 588 g/mol. The summed E-state index contributed by atoms with van der Waals surface area (Å²) in [5, 5.41) is 5.48. The van der Waals surface area contributed by atoms with Crippen LogP contribution in [0.2, 0.25) is 0 Å². The van der Waals surface area contributed by atoms with Gasteiger partial charge in [-0.15, -0.1) is 0 Å². The molecule has 178 valence electrons. The third kappa shape index (κ3) is 5.16. The number of carbonyl (C=O) groups excluding carboxylic acids is 2. The number of hydrogen-bond acceptors (Lipinski definition) is 5. The fourth-order valence-electron chi connectivity index (χ4n) is 3.97. The summed E-state index contributed by atoms with van der Waals surface area (Å²) in [4.78, 5) is 30.2. The van der Waals surface area contributed by atoms with E-state index >= 15 is 0 Å². The Kier molecular flexibility index (Phi) is 6.81. The second-order valence-corrected chi connectivity index (χ2v) is 9.38. The molecular formula is C29H21IN2O4. The third-order valence-corrected chi connectivity index (χ3v) is 6.39. The molecule has 0 saturated heterocycles. The zero-order valence-corrected chi connectivity index (χ0v) is 21.5. The summed E-state index contributed by atoms with van der Waals surface area (Å²) in [5.74, 6) is -0.206. The van der Waals surface area contributed by atoms with Crippen molar-refractivity contribution in [2.24, 2.45) is 0 Å². The maximum Gasteiger partial charge on any atom is 0.339 e. The number of ether oxygens (including phenoxy) is 2. The van der Waals surface area contributed by atoms with E-state index in [0.29, 0.717) is 27.8 Å². The molecular weight excluding hydrogens is 567 g/mol. The highest BCUT2D eigenvalue weighted by atomic mass is 127. The minimum atomic E-state index is -0.585. The zero-order valence-electron chi connectivity index (χ0n) is 19.3. The van der Waals surface area contributed by atoms with E-state index in [2.05, 4.69) is 27.9 Å². The molecule has 0 fully saturated rings. The molecule has 1 heterocycles. The smallest absolute Gasteiger partial charge is 0.339 e. The Morgan fingerprint density at radius 1 is 0.889 bits per heavy atom. The number of pyridine rings is 1. The van der Waals surface area contributed by atoms with Crippen LogP contribution in [-0.4, -0.2) is 30.6 Å². The topological polar surface area (TPSA) is 77.5 Å². The number of benzene rings is 4. The van der Waals surface area contributed by atoms with Crippen LogP contribution in [0.5, 0.6) is 5.75 Å². The van der Waals surface area contributed by atoms with Gasteiger partial charge in [-0.3, -0.25) is 4.79 Å². The molecule has 0 radical (unpaired) electrons. The lowest BCUT2D eigenvalue weighted by molar-refractivity contribution is -0.119. The number of nitrogens with zero attached hydrogens (tertiary/aromatic N) is 1. The number of halogens is 1. The van der Waals surface area contributed by atoms with Crippen molar-refractivity contribution in [3.8, 4) is 17.0 Å². The fourth-order valence-corrected chi connectivity index (χ4v) is 4.52. The SMILES string of the molecule is COc1ccc2cc(-c3cc(C(=O)OCC(=O)Nc4cccc(I)c4)c4ccccc4n3)ccc2c1. The highest BCUT2D eigenvalue weighted by molar-refractivity contribution is 14.1. The number of rotatable bonds is 6. The van der Waals surface area contributed by atoms with Gasteiger partial charge >= 0.3 is 5.97 Å². The van der Waals surface area contributed by atoms with Gasteiger partial charge in [0, 0.05) is 20.2 Å². The monoisotopic (exact) mass is 588 g/mol. The van der Waals surface area contributed by atoms with Gasteiger partial charge in [0.15, 0.2) is 6.61 Å². The molecule has 5 rings (SSSR count). The maximum absolute atomic E-state index is 13.1. The van der Waals surface area contributed by atoms with Gasteiger partial charge in [-0.25, -0.2) is 9.78 Å². The van der Waals surface area contributed by atoms with Gasteiger partial charge in [0.25, 0.3) is 5.91 Å². The number of hydrogen-bond donors (Lipinski definition) is 1. The molecule has 6 nitrogen and oxygen atoms in total. The molecule has 0 spiro atoms. The summed E-state index contributed by atoms with van der Waals surface area (Å²) in [7, 11) is 1.64. The third-order valence-electron chi connectivity index (χ3n) is 5.72. The van der Waals surface area contributed by atoms with Gasteiger partial charge in [0.05, 0.1) is 23.9 Å². The maximum atomic E-state index is 13.1. The van der Waals surface area contributed by atoms with Crippen LogP contribution in [-0.2, 0) is 9.53 Å². The van der Waals surface area contributed by atoms with Crippen LogP contribution in [0.15, 0.2) is 91.0 Å². The lowest BCUT2D eigenvalue weighted by Gasteiger charge is -2.11. The molecule has 0 unspecified atom stereocenters. The predicted octanol–water partition coefficient (Wildman–Crippen LogP) is 6.46. The van der Waals surface area contributed by atoms with E-state index in [1.165, 1.54) is 0 Å². The lowest BCUT2D eigenvalue weighted by atomic mass is 10.0. The van der Waals surface area contributed by atoms with Crippen LogP contribution in [0, 0.1) is 3.57 Å². The minimum absolute atomic E-state index is 0.354. The summed E-state index contributed by atoms with van der Waals surface area (Å²) in [6.07, 6.45) is 0. The lowest BCUT2D eigenvalue weighted by Crippen LogP contribution is -2.21. The second kappa shape index (κ2) is 10.3. The van der Waals surface area contributed by atoms with Gasteiger partial charge in [-0.2, -0.15) is 0 Å². The Balaban J connectivity index is 1.42. The summed E-state index contributed by atoms with van der Waals surface area (Å²) in [6, 6.07) is 28.3. The second-order valence-electron chi connectivity index (χ2n) is 8.13. The van der Waals surface area contributed by atoms with Crippen LogP contribution in [0.3, 0.4) is 0 Å². The Morgan fingerprint density at radius 2 is 1.69 bits per heavy atom. The van der Waals surface area contributed by atoms with Crippen molar-refractivity contribution in [3.63, 3.8) is 0 Å². The number of aromatic nitrogens is 1. The normalized spacial score (nSPS) is 10.8. The van der Waals surface area contributed by atoms with E-state index in [-0.39, 0.29) is 0 Å². The molecule has 36 heavy (non-hydrogen) atoms. The number of carbonyl (C=O) groups is 2. The van der Waals surface area contributed by atoms with Crippen molar-refractivity contribution < 1.29 is 19.1 Å². The number of anilines is 1. The van der Waals surface area contributed by atoms with E-state index in [9.17, 15) is 9.59 Å². The fraction of sp³-hybridized carbons (Fsp3) is 0.0690. The summed E-state index contributed by atoms with van der Waals surface area (Å²) >= 11 is 2.17. The first-order valence-corrected chi connectivity index (χ1v) is 12.3. The standard InChI is InChI=1S/C29H21IN2O4/c1-35-23-12-11-18-13-20(10-9-19(18)14-23)27-16-25(24-7-2-3-8-26(24)32-27)29(34)36-17-28(33)31-22-6-4-5-21(30)15-22/h2-16H,17H2,1H3,(H,31,33). The minimum Gasteiger partial charge on any atom is -0.497 e. The average Bonchev–Trinajstić information content (AvgIpc) is 2.90. The van der Waals surface area contributed by atoms with Crippen molar-refractivity contribution in [1.82, 2.24) is 4.98 Å². The molecule has 1 N–H and O–H groups in total. The quantitative estimate of drug-likeness (QED) is 0.182. The predicted molar refractivity (Wildman–Crippen MR) is 149 cm³/mol. The van der Waals surface area contributed by atoms with Gasteiger partial charge in [0.2, 0.25) is 0 Å². The molecule has 4 aromatic carbocycles. The highest BCUT2D eigenvalue weighted by Gasteiger charge is 2.17. The summed E-state index contributed by atoms with van der Waals surface area (Å²) < 4.78 is 11.7. The van der Waals surface area contributed by atoms with Crippen LogP contribution < -0.4 is 10.1 Å². The molecule has 0 aliphatic rings. The Bertz CT molecular complexity index is 1620. The number of nitrogens with one attached hydrogen (secondary N) is 1. The highest BCUT2D eigenvalue weighted by Crippen LogP contribution is 2.29. The van der Waals surface area contributed by atoms with Gasteiger partial charge < -0.3 is 14.8 Å². The van der Waals surface area contributed by atoms with E-state index in [0.717, 1.165) is 25.7 Å². The number of esters is 1. The zero-order chi connectivity index (χ0) is 25.1. The van der Waals surface area contributed by atoms with Crippen LogP contribution >= 0.6 is 22.6 Å². The molecule has 7 heteroatoms. The van der Waals surface area contributed by atoms with Crippen LogP contribution in [0.4, 0.5) is 5.69 Å². The molecule has 5 aromatic rings. The first-order chi connectivity index (χ1) is 17.5. The molecule has 1 aromatic heterocycles. The van der Waals surface area contributed by atoms with Crippen molar-refractivity contribution in [1.29, 1.82) is 0 Å².